The van der Waals surface area contributed by atoms with Crippen molar-refractivity contribution in [3.8, 4) is 0 Å². The summed E-state index contributed by atoms with van der Waals surface area (Å²) in [6.45, 7) is -1.33. The lowest BCUT2D eigenvalue weighted by Crippen LogP contribution is -2.69. The molecule has 1 saturated carbocycles. The first-order valence-electron chi connectivity index (χ1n) is 11.8. The second kappa shape index (κ2) is 10.9. The molecule has 0 amide bonds. The van der Waals surface area contributed by atoms with Gasteiger partial charge in [0.15, 0.2) is 12.4 Å². The Bertz CT molecular complexity index is 756. The molecule has 4 aliphatic rings. The molecule has 1 aliphatic carbocycles. The van der Waals surface area contributed by atoms with Gasteiger partial charge in [-0.2, -0.15) is 0 Å². The Hall–Kier alpha value is -0.640. The Morgan fingerprint density at radius 2 is 1.61 bits per heavy atom. The largest absolute Gasteiger partial charge is 0.395 e. The molecule has 0 aromatic carbocycles. The summed E-state index contributed by atoms with van der Waals surface area (Å²) < 4.78 is 28.7. The zero-order valence-corrected chi connectivity index (χ0v) is 19.6. The van der Waals surface area contributed by atoms with Crippen LogP contribution in [0, 0.1) is 0 Å². The van der Waals surface area contributed by atoms with Crippen molar-refractivity contribution in [2.45, 2.75) is 104 Å². The van der Waals surface area contributed by atoms with Crippen molar-refractivity contribution in [1.82, 2.24) is 5.32 Å². The Labute approximate surface area is 206 Å². The van der Waals surface area contributed by atoms with Gasteiger partial charge in [-0.15, -0.1) is 0 Å². The fourth-order valence-electron chi connectivity index (χ4n) is 5.23. The molecule has 3 heterocycles. The zero-order valence-electron chi connectivity index (χ0n) is 19.6. The quantitative estimate of drug-likeness (QED) is 0.153. The highest BCUT2D eigenvalue weighted by atomic mass is 16.9. The molecule has 3 aliphatic heterocycles. The topological polar surface area (TPSA) is 272 Å². The van der Waals surface area contributed by atoms with Crippen molar-refractivity contribution in [2.75, 3.05) is 20.3 Å². The smallest absolute Gasteiger partial charge is 0.314 e. The number of aliphatic hydroxyl groups is 8. The van der Waals surface area contributed by atoms with Crippen molar-refractivity contribution in [3.05, 3.63) is 0 Å². The number of ether oxygens (including phenoxy) is 5. The van der Waals surface area contributed by atoms with Crippen LogP contribution in [0.4, 0.5) is 0 Å². The highest BCUT2D eigenvalue weighted by Crippen LogP contribution is 2.45. The number of hydrogen-bond donors (Lipinski definition) is 11. The van der Waals surface area contributed by atoms with Gasteiger partial charge < -0.3 is 81.3 Å². The molecule has 16 heteroatoms. The van der Waals surface area contributed by atoms with E-state index in [-0.39, 0.29) is 6.42 Å². The van der Waals surface area contributed by atoms with E-state index >= 15 is 0 Å². The van der Waals surface area contributed by atoms with Gasteiger partial charge in [-0.1, -0.05) is 0 Å². The maximum Gasteiger partial charge on any atom is 0.314 e. The lowest BCUT2D eigenvalue weighted by atomic mass is 9.84. The van der Waals surface area contributed by atoms with E-state index in [1.165, 1.54) is 0 Å². The summed E-state index contributed by atoms with van der Waals surface area (Å²) in [6, 6.07) is -2.50. The molecule has 0 radical (unpaired) electrons. The van der Waals surface area contributed by atoms with Crippen LogP contribution < -0.4 is 16.8 Å². The SMILES string of the molecule is CN[C@H]1C[C@@H](N)[C@H](O)[C@@H](O[C@@H]2O[C@H](CO)[C@H](O)[C@@H]3OC4(O[C@H]23)O[C@H]([C@@H](N)CO)[C@H](O)[C@H](O)[C@H]4O)[C@@H]1O. The average molecular weight is 528 g/mol. The molecule has 4 fully saturated rings. The number of rotatable bonds is 6. The molecular formula is C20H37N3O13. The number of aliphatic hydroxyl groups excluding tert-OH is 8. The highest BCUT2D eigenvalue weighted by molar-refractivity contribution is 5.05. The molecule has 0 aromatic rings. The molecule has 210 valence electrons. The summed E-state index contributed by atoms with van der Waals surface area (Å²) in [5.41, 5.74) is 11.8. The first kappa shape index (κ1) is 28.4. The van der Waals surface area contributed by atoms with Gasteiger partial charge in [0.05, 0.1) is 31.5 Å². The molecule has 0 aromatic heterocycles. The van der Waals surface area contributed by atoms with E-state index in [4.69, 9.17) is 35.2 Å². The molecule has 3 saturated heterocycles. The van der Waals surface area contributed by atoms with Gasteiger partial charge in [0.2, 0.25) is 0 Å². The normalized spacial score (nSPS) is 54.4. The van der Waals surface area contributed by atoms with Gasteiger partial charge in [-0.3, -0.25) is 0 Å². The monoisotopic (exact) mass is 527 g/mol. The molecule has 16 atom stereocenters. The van der Waals surface area contributed by atoms with Crippen LogP contribution in [0.2, 0.25) is 0 Å². The van der Waals surface area contributed by atoms with Crippen molar-refractivity contribution < 1.29 is 64.5 Å². The van der Waals surface area contributed by atoms with E-state index in [2.05, 4.69) is 5.32 Å². The molecule has 16 nitrogen and oxygen atoms in total. The Morgan fingerprint density at radius 1 is 0.944 bits per heavy atom. The number of nitrogens with one attached hydrogen (secondary N) is 1. The Kier molecular flexibility index (Phi) is 8.55. The van der Waals surface area contributed by atoms with Crippen LogP contribution in [-0.2, 0) is 23.7 Å². The second-order valence-electron chi connectivity index (χ2n) is 9.72. The zero-order chi connectivity index (χ0) is 26.5. The fraction of sp³-hybridized carbons (Fsp3) is 1.00. The third-order valence-electron chi connectivity index (χ3n) is 7.42. The standard InChI is InChI=1S/C20H37N3O13/c1-23-7-2-5(21)9(26)15(10(7)27)33-19-17-16(11(28)8(4-25)32-19)35-20(36-17)18(31)13(30)12(29)14(34-20)6(22)3-24/h5-19,23-31H,2-4,21-22H2,1H3/t5-,6+,7+,8-,9+,10-,11+,12-,13+,14-,15-,16+,17+,18-,19+,20?/m1/s1. The minimum Gasteiger partial charge on any atom is -0.395 e. The van der Waals surface area contributed by atoms with Gasteiger partial charge >= 0.3 is 5.97 Å². The van der Waals surface area contributed by atoms with Crippen LogP contribution in [0.1, 0.15) is 6.42 Å². The minimum absolute atomic E-state index is 0.254. The van der Waals surface area contributed by atoms with Crippen LogP contribution >= 0.6 is 0 Å². The summed E-state index contributed by atoms with van der Waals surface area (Å²) in [6.07, 6.45) is -17.7. The van der Waals surface area contributed by atoms with Crippen LogP contribution in [0.3, 0.4) is 0 Å². The third kappa shape index (κ3) is 4.68. The van der Waals surface area contributed by atoms with Gasteiger partial charge in [-0.05, 0) is 13.5 Å². The third-order valence-corrected chi connectivity index (χ3v) is 7.42. The lowest BCUT2D eigenvalue weighted by Gasteiger charge is -2.46. The molecule has 13 N–H and O–H groups in total. The number of nitrogens with two attached hydrogens (primary N) is 2. The lowest BCUT2D eigenvalue weighted by molar-refractivity contribution is -0.439. The Morgan fingerprint density at radius 3 is 2.22 bits per heavy atom. The Balaban J connectivity index is 1.62. The molecular weight excluding hydrogens is 490 g/mol. The summed E-state index contributed by atoms with van der Waals surface area (Å²) in [5, 5.41) is 85.6. The van der Waals surface area contributed by atoms with Gasteiger partial charge in [0.25, 0.3) is 0 Å². The van der Waals surface area contributed by atoms with E-state index < -0.39 is 111 Å². The van der Waals surface area contributed by atoms with E-state index in [1.807, 2.05) is 0 Å². The molecule has 1 unspecified atom stereocenters. The number of hydrogen-bond acceptors (Lipinski definition) is 16. The molecule has 1 spiro atoms. The minimum atomic E-state index is -2.48. The summed E-state index contributed by atoms with van der Waals surface area (Å²) in [4.78, 5) is 0. The summed E-state index contributed by atoms with van der Waals surface area (Å²) in [5.74, 6) is -2.48. The average Bonchev–Trinajstić information content (AvgIpc) is 3.27. The number of fused-ring (bicyclic) bond motifs is 1. The highest BCUT2D eigenvalue weighted by Gasteiger charge is 2.67. The first-order valence-corrected chi connectivity index (χ1v) is 11.8. The molecule has 0 bridgehead atoms. The second-order valence-corrected chi connectivity index (χ2v) is 9.72. The van der Waals surface area contributed by atoms with Crippen LogP contribution in [0.25, 0.3) is 0 Å². The van der Waals surface area contributed by atoms with E-state index in [1.54, 1.807) is 7.05 Å². The van der Waals surface area contributed by atoms with Crippen molar-refractivity contribution in [2.24, 2.45) is 11.5 Å². The van der Waals surface area contributed by atoms with Gasteiger partial charge in [0.1, 0.15) is 48.8 Å². The first-order chi connectivity index (χ1) is 17.0. The van der Waals surface area contributed by atoms with Crippen molar-refractivity contribution >= 4 is 0 Å². The van der Waals surface area contributed by atoms with Gasteiger partial charge in [-0.25, -0.2) is 0 Å². The summed E-state index contributed by atoms with van der Waals surface area (Å²) >= 11 is 0. The fourth-order valence-corrected chi connectivity index (χ4v) is 5.23. The maximum atomic E-state index is 10.7. The van der Waals surface area contributed by atoms with Crippen molar-refractivity contribution in [3.63, 3.8) is 0 Å². The molecule has 36 heavy (non-hydrogen) atoms. The maximum absolute atomic E-state index is 10.7. The van der Waals surface area contributed by atoms with Crippen LogP contribution in [0.15, 0.2) is 0 Å². The summed E-state index contributed by atoms with van der Waals surface area (Å²) in [7, 11) is 1.60. The predicted octanol–water partition coefficient (Wildman–Crippen LogP) is -7.27. The van der Waals surface area contributed by atoms with Crippen molar-refractivity contribution in [1.29, 1.82) is 0 Å². The molecule has 4 rings (SSSR count). The van der Waals surface area contributed by atoms with Crippen LogP contribution in [0.5, 0.6) is 0 Å². The van der Waals surface area contributed by atoms with Crippen LogP contribution in [-0.4, -0.2) is 159 Å². The van der Waals surface area contributed by atoms with E-state index in [0.717, 1.165) is 0 Å². The van der Waals surface area contributed by atoms with E-state index in [0.29, 0.717) is 0 Å². The number of likely N-dealkylation sites (N-methyl/N-ethyl adjacent to an activating group) is 1. The van der Waals surface area contributed by atoms with E-state index in [9.17, 15) is 40.9 Å². The predicted molar refractivity (Wildman–Crippen MR) is 115 cm³/mol. The van der Waals surface area contributed by atoms with Gasteiger partial charge in [0, 0.05) is 12.1 Å².